The van der Waals surface area contributed by atoms with Gasteiger partial charge in [0, 0.05) is 4.47 Å². The van der Waals surface area contributed by atoms with Crippen LogP contribution >= 0.6 is 15.9 Å². The summed E-state index contributed by atoms with van der Waals surface area (Å²) >= 11 is 3.28. The molecule has 3 rings (SSSR count). The Hall–Kier alpha value is -3.12. The molecule has 0 saturated carbocycles. The number of hydrogen-bond donors (Lipinski definition) is 0. The Morgan fingerprint density at radius 1 is 0.857 bits per heavy atom. The van der Waals surface area contributed by atoms with E-state index in [0.717, 1.165) is 10.2 Å². The number of ether oxygens (including phenoxy) is 3. The van der Waals surface area contributed by atoms with E-state index in [1.54, 1.807) is 42.5 Å². The van der Waals surface area contributed by atoms with Crippen molar-refractivity contribution in [3.63, 3.8) is 0 Å². The van der Waals surface area contributed by atoms with Crippen LogP contribution in [0.3, 0.4) is 0 Å². The maximum atomic E-state index is 12.6. The first kappa shape index (κ1) is 19.6. The topological polar surface area (TPSA) is 61.8 Å². The minimum atomic E-state index is -0.606. The van der Waals surface area contributed by atoms with Crippen molar-refractivity contribution in [3.8, 4) is 17.2 Å². The maximum Gasteiger partial charge on any atom is 0.347 e. The zero-order valence-electron chi connectivity index (χ0n) is 14.8. The summed E-state index contributed by atoms with van der Waals surface area (Å²) in [5.74, 6) is 0.708. The highest BCUT2D eigenvalue weighted by molar-refractivity contribution is 9.10. The molecular formula is C22H17BrO5. The normalized spacial score (nSPS) is 10.2. The lowest BCUT2D eigenvalue weighted by Gasteiger charge is -2.12. The summed E-state index contributed by atoms with van der Waals surface area (Å²) in [6.45, 7) is 0.590. The fourth-order valence-corrected chi connectivity index (χ4v) is 2.83. The van der Waals surface area contributed by atoms with Crippen molar-refractivity contribution >= 4 is 28.2 Å². The Morgan fingerprint density at radius 2 is 1.57 bits per heavy atom. The quantitative estimate of drug-likeness (QED) is 0.215. The summed E-state index contributed by atoms with van der Waals surface area (Å²) in [6, 6.07) is 21.0. The minimum absolute atomic E-state index is 0.186. The molecule has 0 bridgehead atoms. The summed E-state index contributed by atoms with van der Waals surface area (Å²) < 4.78 is 17.4. The summed E-state index contributed by atoms with van der Waals surface area (Å²) in [5.41, 5.74) is 0.541. The standard InChI is InChI=1S/C22H17BrO5/c23-17-10-11-20(16(14-17)15-24)28-22(25)19-8-4-5-9-21(19)27-13-12-26-18-6-2-1-3-7-18/h1-11,14-15H,12-13H2. The molecule has 0 aromatic heterocycles. The van der Waals surface area contributed by atoms with E-state index in [0.29, 0.717) is 18.6 Å². The maximum absolute atomic E-state index is 12.6. The number of carbonyl (C=O) groups excluding carboxylic acids is 2. The van der Waals surface area contributed by atoms with Crippen molar-refractivity contribution < 1.29 is 23.8 Å². The molecule has 5 nitrogen and oxygen atoms in total. The third kappa shape index (κ3) is 5.20. The van der Waals surface area contributed by atoms with E-state index in [9.17, 15) is 9.59 Å². The van der Waals surface area contributed by atoms with Crippen molar-refractivity contribution in [1.29, 1.82) is 0 Å². The molecule has 0 unspecified atom stereocenters. The van der Waals surface area contributed by atoms with Gasteiger partial charge in [-0.25, -0.2) is 4.79 Å². The molecule has 0 amide bonds. The van der Waals surface area contributed by atoms with Gasteiger partial charge in [0.05, 0.1) is 5.56 Å². The average Bonchev–Trinajstić information content (AvgIpc) is 2.73. The van der Waals surface area contributed by atoms with Gasteiger partial charge in [0.15, 0.2) is 6.29 Å². The van der Waals surface area contributed by atoms with Crippen molar-refractivity contribution in [1.82, 2.24) is 0 Å². The van der Waals surface area contributed by atoms with Gasteiger partial charge in [-0.2, -0.15) is 0 Å². The molecule has 142 valence electrons. The number of benzene rings is 3. The highest BCUT2D eigenvalue weighted by Crippen LogP contribution is 2.25. The molecule has 0 radical (unpaired) electrons. The van der Waals surface area contributed by atoms with E-state index in [4.69, 9.17) is 14.2 Å². The monoisotopic (exact) mass is 440 g/mol. The Bertz CT molecular complexity index is 956. The van der Waals surface area contributed by atoms with E-state index in [2.05, 4.69) is 15.9 Å². The lowest BCUT2D eigenvalue weighted by Crippen LogP contribution is -2.14. The van der Waals surface area contributed by atoms with Crippen LogP contribution in [0.5, 0.6) is 17.2 Å². The van der Waals surface area contributed by atoms with Crippen molar-refractivity contribution in [2.45, 2.75) is 0 Å². The highest BCUT2D eigenvalue weighted by Gasteiger charge is 2.16. The molecule has 0 fully saturated rings. The molecule has 0 atom stereocenters. The summed E-state index contributed by atoms with van der Waals surface area (Å²) in [6.07, 6.45) is 0.636. The molecule has 0 spiro atoms. The number of para-hydroxylation sites is 2. The molecule has 0 N–H and O–H groups in total. The Kier molecular flexibility index (Phi) is 6.81. The molecule has 3 aromatic carbocycles. The van der Waals surface area contributed by atoms with Crippen LogP contribution in [-0.2, 0) is 0 Å². The number of carbonyl (C=O) groups is 2. The first-order valence-corrected chi connectivity index (χ1v) is 9.33. The van der Waals surface area contributed by atoms with Crippen LogP contribution in [0.4, 0.5) is 0 Å². The van der Waals surface area contributed by atoms with Crippen LogP contribution in [0, 0.1) is 0 Å². The lowest BCUT2D eigenvalue weighted by atomic mass is 10.2. The number of halogens is 1. The van der Waals surface area contributed by atoms with E-state index < -0.39 is 5.97 Å². The Balaban J connectivity index is 1.64. The van der Waals surface area contributed by atoms with Crippen molar-refractivity contribution in [2.24, 2.45) is 0 Å². The van der Waals surface area contributed by atoms with Crippen molar-refractivity contribution in [2.75, 3.05) is 13.2 Å². The molecule has 28 heavy (non-hydrogen) atoms. The Labute approximate surface area is 171 Å². The van der Waals surface area contributed by atoms with Crippen LogP contribution in [0.25, 0.3) is 0 Å². The van der Waals surface area contributed by atoms with E-state index in [1.807, 2.05) is 30.3 Å². The van der Waals surface area contributed by atoms with Gasteiger partial charge in [-0.3, -0.25) is 4.79 Å². The van der Waals surface area contributed by atoms with E-state index in [1.165, 1.54) is 0 Å². The van der Waals surface area contributed by atoms with E-state index in [-0.39, 0.29) is 23.5 Å². The summed E-state index contributed by atoms with van der Waals surface area (Å²) in [5, 5.41) is 0. The number of rotatable bonds is 8. The first-order chi connectivity index (χ1) is 13.7. The van der Waals surface area contributed by atoms with Gasteiger partial charge in [-0.15, -0.1) is 0 Å². The van der Waals surface area contributed by atoms with Gasteiger partial charge in [-0.05, 0) is 42.5 Å². The average molecular weight is 441 g/mol. The molecule has 3 aromatic rings. The Morgan fingerprint density at radius 3 is 2.36 bits per heavy atom. The SMILES string of the molecule is O=Cc1cc(Br)ccc1OC(=O)c1ccccc1OCCOc1ccccc1. The fourth-order valence-electron chi connectivity index (χ4n) is 2.45. The van der Waals surface area contributed by atoms with Gasteiger partial charge in [-0.1, -0.05) is 46.3 Å². The predicted octanol–water partition coefficient (Wildman–Crippen LogP) is 4.94. The number of esters is 1. The number of aldehydes is 1. The zero-order valence-corrected chi connectivity index (χ0v) is 16.4. The predicted molar refractivity (Wildman–Crippen MR) is 108 cm³/mol. The second-order valence-corrected chi connectivity index (χ2v) is 6.61. The van der Waals surface area contributed by atoms with E-state index >= 15 is 0 Å². The van der Waals surface area contributed by atoms with Crippen LogP contribution in [0.15, 0.2) is 77.3 Å². The minimum Gasteiger partial charge on any atom is -0.490 e. The fraction of sp³-hybridized carbons (Fsp3) is 0.0909. The number of hydrogen-bond acceptors (Lipinski definition) is 5. The molecule has 0 aliphatic carbocycles. The van der Waals surface area contributed by atoms with Crippen LogP contribution < -0.4 is 14.2 Å². The second kappa shape index (κ2) is 9.71. The van der Waals surface area contributed by atoms with Gasteiger partial charge < -0.3 is 14.2 Å². The smallest absolute Gasteiger partial charge is 0.347 e. The summed E-state index contributed by atoms with van der Waals surface area (Å²) in [7, 11) is 0. The third-order valence-corrected chi connectivity index (χ3v) is 4.25. The van der Waals surface area contributed by atoms with Crippen LogP contribution in [-0.4, -0.2) is 25.5 Å². The first-order valence-electron chi connectivity index (χ1n) is 8.54. The van der Waals surface area contributed by atoms with Crippen molar-refractivity contribution in [3.05, 3.63) is 88.4 Å². The summed E-state index contributed by atoms with van der Waals surface area (Å²) in [4.78, 5) is 23.8. The molecular weight excluding hydrogens is 424 g/mol. The van der Waals surface area contributed by atoms with Gasteiger partial charge in [0.1, 0.15) is 36.0 Å². The van der Waals surface area contributed by atoms with Crippen LogP contribution in [0.2, 0.25) is 0 Å². The van der Waals surface area contributed by atoms with Gasteiger partial charge in [0.2, 0.25) is 0 Å². The molecule has 0 aliphatic rings. The highest BCUT2D eigenvalue weighted by atomic mass is 79.9. The van der Waals surface area contributed by atoms with Gasteiger partial charge in [0.25, 0.3) is 0 Å². The van der Waals surface area contributed by atoms with Crippen LogP contribution in [0.1, 0.15) is 20.7 Å². The molecule has 0 saturated heterocycles. The molecule has 0 heterocycles. The lowest BCUT2D eigenvalue weighted by molar-refractivity contribution is 0.0728. The second-order valence-electron chi connectivity index (χ2n) is 5.70. The third-order valence-electron chi connectivity index (χ3n) is 3.76. The largest absolute Gasteiger partial charge is 0.490 e. The molecule has 6 heteroatoms. The molecule has 0 aliphatic heterocycles. The zero-order chi connectivity index (χ0) is 19.8. The van der Waals surface area contributed by atoms with Gasteiger partial charge >= 0.3 is 5.97 Å².